The molecule has 3 aliphatic heterocycles. The molecule has 270 valence electrons. The molecule has 7 rings (SSSR count). The zero-order valence-electron chi connectivity index (χ0n) is 28.7. The van der Waals surface area contributed by atoms with Crippen molar-refractivity contribution in [2.24, 2.45) is 5.92 Å². The Bertz CT molecular complexity index is 2010. The van der Waals surface area contributed by atoms with Crippen LogP contribution in [0.1, 0.15) is 82.4 Å². The summed E-state index contributed by atoms with van der Waals surface area (Å²) in [5.74, 6) is -1.78. The predicted octanol–water partition coefficient (Wildman–Crippen LogP) is 2.52. The summed E-state index contributed by atoms with van der Waals surface area (Å²) < 4.78 is 61.6. The lowest BCUT2D eigenvalue weighted by atomic mass is 9.87. The number of fused-ring (bicyclic) bond motifs is 5. The molecule has 5 atom stereocenters. The first kappa shape index (κ1) is 34.9. The minimum atomic E-state index is -3.98. The highest BCUT2D eigenvalue weighted by atomic mass is 32.2. The number of benzene rings is 1. The standard InChI is InChI=1S/C35H45N5O8S2/c1-22-29-25(24-12-9-10-13-26(24)36-22)15-16-34(48-29)20-28-30(41)37-35(32(43)39-50(46,47)33(2)17-18-33)19-23(35)11-7-5-4-6-8-14-27(38-49(3,44)45)31(42)40(28)21-34/h7,9-13,23,27-28,38H,4-6,8,14-21H2,1-3H3,(H,37,41)(H,39,43)/b11-7-/t23-,27+,28+,34-,35-/m1/s1. The number of hydrogen-bond acceptors (Lipinski definition) is 9. The van der Waals surface area contributed by atoms with Crippen LogP contribution in [0.5, 0.6) is 5.75 Å². The van der Waals surface area contributed by atoms with Crippen LogP contribution in [-0.4, -0.2) is 85.2 Å². The maximum Gasteiger partial charge on any atom is 0.259 e. The van der Waals surface area contributed by atoms with Crippen molar-refractivity contribution in [3.63, 3.8) is 0 Å². The van der Waals surface area contributed by atoms with Gasteiger partial charge in [0.25, 0.3) is 5.91 Å². The van der Waals surface area contributed by atoms with Crippen molar-refractivity contribution in [1.82, 2.24) is 24.6 Å². The number of aryl methyl sites for hydroxylation is 2. The molecule has 1 spiro atoms. The summed E-state index contributed by atoms with van der Waals surface area (Å²) in [5, 5.41) is 3.87. The minimum absolute atomic E-state index is 0.0207. The fourth-order valence-corrected chi connectivity index (χ4v) is 9.92. The van der Waals surface area contributed by atoms with E-state index in [0.717, 1.165) is 35.6 Å². The average molecular weight is 728 g/mol. The molecule has 1 aromatic carbocycles. The summed E-state index contributed by atoms with van der Waals surface area (Å²) in [6.45, 7) is 3.47. The Morgan fingerprint density at radius 2 is 1.82 bits per heavy atom. The Kier molecular flexibility index (Phi) is 8.57. The van der Waals surface area contributed by atoms with Gasteiger partial charge < -0.3 is 15.0 Å². The largest absolute Gasteiger partial charge is 0.483 e. The van der Waals surface area contributed by atoms with E-state index in [2.05, 4.69) is 14.8 Å². The van der Waals surface area contributed by atoms with Crippen LogP contribution in [0, 0.1) is 12.8 Å². The molecule has 50 heavy (non-hydrogen) atoms. The molecular weight excluding hydrogens is 683 g/mol. The molecule has 0 unspecified atom stereocenters. The molecule has 13 nitrogen and oxygen atoms in total. The molecule has 0 radical (unpaired) electrons. The monoisotopic (exact) mass is 727 g/mol. The van der Waals surface area contributed by atoms with Gasteiger partial charge in [0.2, 0.25) is 31.9 Å². The quantitative estimate of drug-likeness (QED) is 0.390. The second-order valence-corrected chi connectivity index (χ2v) is 19.1. The van der Waals surface area contributed by atoms with Crippen molar-refractivity contribution in [1.29, 1.82) is 0 Å². The van der Waals surface area contributed by atoms with Crippen LogP contribution >= 0.6 is 0 Å². The van der Waals surface area contributed by atoms with Gasteiger partial charge in [0.05, 0.1) is 28.8 Å². The van der Waals surface area contributed by atoms with Gasteiger partial charge in [-0.3, -0.25) is 19.1 Å². The molecule has 15 heteroatoms. The van der Waals surface area contributed by atoms with Crippen LogP contribution in [0.2, 0.25) is 0 Å². The fraction of sp³-hybridized carbons (Fsp3) is 0.600. The van der Waals surface area contributed by atoms with Gasteiger partial charge in [-0.05, 0) is 71.3 Å². The summed E-state index contributed by atoms with van der Waals surface area (Å²) >= 11 is 0. The molecule has 1 aromatic heterocycles. The summed E-state index contributed by atoms with van der Waals surface area (Å²) in [5.41, 5.74) is 0.0391. The number of hydrogen-bond donors (Lipinski definition) is 3. The number of amides is 3. The number of aromatic nitrogens is 1. The zero-order valence-corrected chi connectivity index (χ0v) is 30.3. The number of carbonyl (C=O) groups excluding carboxylic acids is 3. The van der Waals surface area contributed by atoms with Gasteiger partial charge in [-0.1, -0.05) is 43.2 Å². The maximum atomic E-state index is 14.4. The summed E-state index contributed by atoms with van der Waals surface area (Å²) in [6.07, 6.45) is 10.1. The number of carbonyl (C=O) groups is 3. The Morgan fingerprint density at radius 3 is 2.56 bits per heavy atom. The van der Waals surface area contributed by atoms with E-state index in [4.69, 9.17) is 9.72 Å². The normalized spacial score (nSPS) is 31.7. The predicted molar refractivity (Wildman–Crippen MR) is 186 cm³/mol. The number of nitrogens with one attached hydrogen (secondary N) is 3. The van der Waals surface area contributed by atoms with E-state index in [9.17, 15) is 31.2 Å². The van der Waals surface area contributed by atoms with Gasteiger partial charge >= 0.3 is 0 Å². The molecule has 0 bridgehead atoms. The average Bonchev–Trinajstić information content (AvgIpc) is 3.94. The maximum absolute atomic E-state index is 14.4. The van der Waals surface area contributed by atoms with E-state index >= 15 is 0 Å². The fourth-order valence-electron chi connectivity index (χ4n) is 7.88. The molecule has 1 saturated heterocycles. The number of para-hydroxylation sites is 1. The second-order valence-electron chi connectivity index (χ2n) is 15.2. The SMILES string of the molecule is Cc1nc2ccccc2c2c1O[C@]1(CC2)C[C@H]2C(=O)N[C@]3(C(=O)NS(=O)(=O)C4(C)CC4)C[C@H]3/C=C\CCCCC[C@H](NS(C)(=O)=O)C(=O)N2C1. The molecule has 3 amide bonds. The zero-order chi connectivity index (χ0) is 35.7. The van der Waals surface area contributed by atoms with E-state index < -0.39 is 71.7 Å². The molecule has 2 aliphatic carbocycles. The molecular formula is C35H45N5O8S2. The van der Waals surface area contributed by atoms with Gasteiger partial charge in [0.1, 0.15) is 29.0 Å². The van der Waals surface area contributed by atoms with Crippen molar-refractivity contribution in [3.05, 3.63) is 47.7 Å². The first-order chi connectivity index (χ1) is 23.6. The number of pyridine rings is 1. The Morgan fingerprint density at radius 1 is 1.06 bits per heavy atom. The first-order valence-electron chi connectivity index (χ1n) is 17.5. The molecule has 2 saturated carbocycles. The number of nitrogens with zero attached hydrogens (tertiary/aromatic N) is 2. The third-order valence-corrected chi connectivity index (χ3v) is 14.1. The molecule has 3 N–H and O–H groups in total. The van der Waals surface area contributed by atoms with Crippen LogP contribution in [0.3, 0.4) is 0 Å². The second kappa shape index (κ2) is 12.3. The van der Waals surface area contributed by atoms with Gasteiger partial charge in [0, 0.05) is 23.3 Å². The Labute approximate surface area is 293 Å². The van der Waals surface area contributed by atoms with Crippen LogP contribution in [-0.2, 0) is 40.9 Å². The minimum Gasteiger partial charge on any atom is -0.483 e. The van der Waals surface area contributed by atoms with E-state index in [1.807, 2.05) is 43.3 Å². The summed E-state index contributed by atoms with van der Waals surface area (Å²) in [7, 11) is -7.77. The number of ether oxygens (including phenoxy) is 1. The van der Waals surface area contributed by atoms with E-state index in [0.29, 0.717) is 50.0 Å². The van der Waals surface area contributed by atoms with Gasteiger partial charge in [0.15, 0.2) is 0 Å². The molecule has 2 aromatic rings. The number of rotatable bonds is 5. The lowest BCUT2D eigenvalue weighted by Gasteiger charge is -2.36. The van der Waals surface area contributed by atoms with Crippen molar-refractivity contribution in [2.75, 3.05) is 12.8 Å². The molecule has 3 fully saturated rings. The smallest absolute Gasteiger partial charge is 0.259 e. The van der Waals surface area contributed by atoms with Crippen LogP contribution in [0.15, 0.2) is 36.4 Å². The van der Waals surface area contributed by atoms with Crippen molar-refractivity contribution < 1.29 is 36.0 Å². The van der Waals surface area contributed by atoms with Crippen LogP contribution in [0.4, 0.5) is 0 Å². The molecule has 5 aliphatic rings. The van der Waals surface area contributed by atoms with E-state index in [-0.39, 0.29) is 25.8 Å². The third-order valence-electron chi connectivity index (χ3n) is 11.2. The lowest BCUT2D eigenvalue weighted by molar-refractivity contribution is -0.141. The molecule has 4 heterocycles. The number of allylic oxidation sites excluding steroid dienone is 1. The highest BCUT2D eigenvalue weighted by Gasteiger charge is 2.64. The van der Waals surface area contributed by atoms with Crippen molar-refractivity contribution in [3.8, 4) is 5.75 Å². The lowest BCUT2D eigenvalue weighted by Crippen LogP contribution is -2.58. The van der Waals surface area contributed by atoms with Gasteiger partial charge in [-0.15, -0.1) is 0 Å². The highest BCUT2D eigenvalue weighted by Crippen LogP contribution is 2.49. The van der Waals surface area contributed by atoms with Gasteiger partial charge in [-0.2, -0.15) is 0 Å². The topological polar surface area (TPSA) is 181 Å². The van der Waals surface area contributed by atoms with E-state index in [1.54, 1.807) is 6.92 Å². The van der Waals surface area contributed by atoms with Crippen molar-refractivity contribution in [2.45, 2.75) is 112 Å². The van der Waals surface area contributed by atoms with Crippen LogP contribution < -0.4 is 19.5 Å². The Hall–Kier alpha value is -3.56. The van der Waals surface area contributed by atoms with Crippen LogP contribution in [0.25, 0.3) is 10.9 Å². The summed E-state index contributed by atoms with van der Waals surface area (Å²) in [4.78, 5) is 48.8. The first-order valence-corrected chi connectivity index (χ1v) is 20.8. The third kappa shape index (κ3) is 6.40. The van der Waals surface area contributed by atoms with Gasteiger partial charge in [-0.25, -0.2) is 26.5 Å². The summed E-state index contributed by atoms with van der Waals surface area (Å²) in [6, 6.07) is 5.59. The van der Waals surface area contributed by atoms with E-state index in [1.165, 1.54) is 4.90 Å². The highest BCUT2D eigenvalue weighted by molar-refractivity contribution is 7.91. The Balaban J connectivity index is 1.24. The van der Waals surface area contributed by atoms with Crippen molar-refractivity contribution >= 4 is 48.7 Å². The number of sulfonamides is 2.